The number of anilines is 1. The van der Waals surface area contributed by atoms with Crippen LogP contribution in [0.5, 0.6) is 0 Å². The van der Waals surface area contributed by atoms with Crippen molar-refractivity contribution in [3.8, 4) is 0 Å². The Bertz CT molecular complexity index is 794. The molecule has 194 valence electrons. The number of carbonyl (C=O) groups is 3. The summed E-state index contributed by atoms with van der Waals surface area (Å²) in [5.41, 5.74) is 5.20. The number of nitrogens with one attached hydrogen (secondary N) is 2. The second kappa shape index (κ2) is 12.6. The number of hydrogen-bond acceptors (Lipinski definition) is 5. The molecule has 1 atom stereocenters. The first-order valence-electron chi connectivity index (χ1n) is 9.43. The predicted octanol–water partition coefficient (Wildman–Crippen LogP) is 3.86. The molecule has 0 radical (unpaired) electrons. The average molecular weight is 511 g/mol. The van der Waals surface area contributed by atoms with E-state index >= 15 is 0 Å². The summed E-state index contributed by atoms with van der Waals surface area (Å²) >= 11 is 0. The molecule has 0 bridgehead atoms. The van der Waals surface area contributed by atoms with Crippen LogP contribution in [0.15, 0.2) is 24.3 Å². The zero-order valence-electron chi connectivity index (χ0n) is 17.8. The molecular formula is C19H22F9N3O3. The van der Waals surface area contributed by atoms with Gasteiger partial charge in [-0.3, -0.25) is 14.4 Å². The van der Waals surface area contributed by atoms with Crippen LogP contribution in [0.1, 0.15) is 25.8 Å². The Morgan fingerprint density at radius 3 is 1.62 bits per heavy atom. The third-order valence-corrected chi connectivity index (χ3v) is 3.98. The lowest BCUT2D eigenvalue weighted by Gasteiger charge is -2.24. The normalized spacial score (nSPS) is 13.0. The van der Waals surface area contributed by atoms with E-state index in [9.17, 15) is 53.9 Å². The van der Waals surface area contributed by atoms with Crippen molar-refractivity contribution >= 4 is 23.2 Å². The summed E-state index contributed by atoms with van der Waals surface area (Å²) in [5.74, 6) is -6.76. The molecule has 0 fully saturated rings. The summed E-state index contributed by atoms with van der Waals surface area (Å²) in [6.45, 7) is 4.61. The third-order valence-electron chi connectivity index (χ3n) is 3.98. The Morgan fingerprint density at radius 1 is 0.853 bits per heavy atom. The topological polar surface area (TPSA) is 101 Å². The third kappa shape index (κ3) is 11.3. The van der Waals surface area contributed by atoms with E-state index in [1.54, 1.807) is 0 Å². The van der Waals surface area contributed by atoms with Crippen molar-refractivity contribution in [3.63, 3.8) is 0 Å². The Morgan fingerprint density at radius 2 is 1.29 bits per heavy atom. The first kappa shape index (κ1) is 31.2. The largest absolute Gasteiger partial charge is 0.458 e. The number of alkyl halides is 9. The number of nitrogens with two attached hydrogens (primary N) is 1. The number of benzene rings is 1. The van der Waals surface area contributed by atoms with Gasteiger partial charge in [-0.15, -0.1) is 0 Å². The zero-order valence-corrected chi connectivity index (χ0v) is 17.8. The second-order valence-electron chi connectivity index (χ2n) is 7.07. The first-order chi connectivity index (χ1) is 15.3. The SMILES string of the molecule is CC(C)[C@H](CNC(=O)CCN)Nc1ccc(C(F)(F)F)cc1.O=C(C(=O)C(F)(F)F)C(F)(F)F. The Hall–Kier alpha value is -2.84. The van der Waals surface area contributed by atoms with Gasteiger partial charge in [-0.2, -0.15) is 39.5 Å². The van der Waals surface area contributed by atoms with Gasteiger partial charge in [0.15, 0.2) is 0 Å². The van der Waals surface area contributed by atoms with Crippen LogP contribution < -0.4 is 16.4 Å². The molecule has 0 saturated heterocycles. The van der Waals surface area contributed by atoms with Gasteiger partial charge in [0.2, 0.25) is 5.91 Å². The molecular weight excluding hydrogens is 489 g/mol. The molecule has 0 aliphatic carbocycles. The fraction of sp³-hybridized carbons (Fsp3) is 0.526. The van der Waals surface area contributed by atoms with Crippen LogP contribution in [0.3, 0.4) is 0 Å². The van der Waals surface area contributed by atoms with Crippen LogP contribution in [-0.2, 0) is 20.6 Å². The highest BCUT2D eigenvalue weighted by Crippen LogP contribution is 2.30. The lowest BCUT2D eigenvalue weighted by atomic mass is 10.0. The van der Waals surface area contributed by atoms with E-state index in [0.717, 1.165) is 12.1 Å². The molecule has 0 aromatic heterocycles. The van der Waals surface area contributed by atoms with Gasteiger partial charge in [0.05, 0.1) is 5.56 Å². The predicted molar refractivity (Wildman–Crippen MR) is 102 cm³/mol. The highest BCUT2D eigenvalue weighted by atomic mass is 19.4. The number of hydrogen-bond donors (Lipinski definition) is 3. The van der Waals surface area contributed by atoms with Crippen LogP contribution in [0.25, 0.3) is 0 Å². The summed E-state index contributed by atoms with van der Waals surface area (Å²) in [5, 5.41) is 5.90. The maximum Gasteiger partial charge on any atom is 0.458 e. The summed E-state index contributed by atoms with van der Waals surface area (Å²) < 4.78 is 105. The molecule has 1 rings (SSSR count). The van der Waals surface area contributed by atoms with Gasteiger partial charge < -0.3 is 16.4 Å². The lowest BCUT2D eigenvalue weighted by Crippen LogP contribution is -2.40. The molecule has 15 heteroatoms. The van der Waals surface area contributed by atoms with Crippen molar-refractivity contribution in [3.05, 3.63) is 29.8 Å². The van der Waals surface area contributed by atoms with Gasteiger partial charge in [0.1, 0.15) is 0 Å². The lowest BCUT2D eigenvalue weighted by molar-refractivity contribution is -0.193. The fourth-order valence-electron chi connectivity index (χ4n) is 2.12. The van der Waals surface area contributed by atoms with Gasteiger partial charge in [-0.1, -0.05) is 13.8 Å². The Labute approximate surface area is 188 Å². The Balaban J connectivity index is 0.000000770. The molecule has 1 aromatic rings. The van der Waals surface area contributed by atoms with E-state index < -0.39 is 35.7 Å². The van der Waals surface area contributed by atoms with Gasteiger partial charge in [-0.25, -0.2) is 0 Å². The highest BCUT2D eigenvalue weighted by molar-refractivity contribution is 6.41. The molecule has 34 heavy (non-hydrogen) atoms. The molecule has 1 amide bonds. The molecule has 0 saturated carbocycles. The number of amides is 1. The minimum atomic E-state index is -5.77. The number of carbonyl (C=O) groups excluding carboxylic acids is 3. The van der Waals surface area contributed by atoms with Crippen molar-refractivity contribution in [1.82, 2.24) is 5.32 Å². The number of halogens is 9. The maximum atomic E-state index is 12.5. The quantitative estimate of drug-likeness (QED) is 0.364. The number of rotatable bonds is 8. The molecule has 0 aliphatic heterocycles. The van der Waals surface area contributed by atoms with Crippen molar-refractivity contribution < 1.29 is 53.9 Å². The minimum Gasteiger partial charge on any atom is -0.380 e. The van der Waals surface area contributed by atoms with Crippen molar-refractivity contribution in [1.29, 1.82) is 0 Å². The molecule has 4 N–H and O–H groups in total. The first-order valence-corrected chi connectivity index (χ1v) is 9.43. The average Bonchev–Trinajstić information content (AvgIpc) is 2.68. The highest BCUT2D eigenvalue weighted by Gasteiger charge is 2.54. The molecule has 0 aliphatic rings. The van der Waals surface area contributed by atoms with Crippen molar-refractivity contribution in [2.45, 2.75) is 44.8 Å². The van der Waals surface area contributed by atoms with Gasteiger partial charge >= 0.3 is 30.1 Å². The van der Waals surface area contributed by atoms with Crippen LogP contribution >= 0.6 is 0 Å². The maximum absolute atomic E-state index is 12.5. The number of ketones is 2. The standard InChI is InChI=1S/C15H22F3N3O.C4F6O2/c1-10(2)13(9-20-14(22)7-8-19)21-12-5-3-11(4-6-12)15(16,17)18;5-3(6,7)1(11)2(12)4(8,9)10/h3-6,10,13,21H,7-9,19H2,1-2H3,(H,20,22);/t13-;/m0./s1. The Kier molecular flexibility index (Phi) is 11.5. The minimum absolute atomic E-state index is 0.0848. The van der Waals surface area contributed by atoms with Crippen LogP contribution in [-0.4, -0.2) is 49.0 Å². The van der Waals surface area contributed by atoms with Crippen LogP contribution in [0.2, 0.25) is 0 Å². The summed E-state index contributed by atoms with van der Waals surface area (Å²) in [4.78, 5) is 30.7. The van der Waals surface area contributed by atoms with Crippen molar-refractivity contribution in [2.75, 3.05) is 18.4 Å². The zero-order chi connectivity index (χ0) is 26.9. The molecule has 0 heterocycles. The molecule has 0 spiro atoms. The van der Waals surface area contributed by atoms with Crippen LogP contribution in [0.4, 0.5) is 45.2 Å². The molecule has 6 nitrogen and oxygen atoms in total. The van der Waals surface area contributed by atoms with Gasteiger partial charge in [0.25, 0.3) is 0 Å². The van der Waals surface area contributed by atoms with E-state index in [4.69, 9.17) is 5.73 Å². The number of Topliss-reactive ketones (excluding diaryl/α,β-unsaturated/α-hetero) is 2. The fourth-order valence-corrected chi connectivity index (χ4v) is 2.12. The summed E-state index contributed by atoms with van der Waals surface area (Å²) in [6, 6.07) is 4.76. The van der Waals surface area contributed by atoms with Crippen LogP contribution in [0, 0.1) is 5.92 Å². The van der Waals surface area contributed by atoms with Crippen molar-refractivity contribution in [2.24, 2.45) is 11.7 Å². The van der Waals surface area contributed by atoms with E-state index in [0.29, 0.717) is 12.2 Å². The van der Waals surface area contributed by atoms with Gasteiger partial charge in [0, 0.05) is 31.2 Å². The summed E-state index contributed by atoms with van der Waals surface area (Å²) in [6.07, 6.45) is -15.6. The summed E-state index contributed by atoms with van der Waals surface area (Å²) in [7, 11) is 0. The smallest absolute Gasteiger partial charge is 0.380 e. The molecule has 0 unspecified atom stereocenters. The van der Waals surface area contributed by atoms with E-state index in [2.05, 4.69) is 10.6 Å². The van der Waals surface area contributed by atoms with E-state index in [-0.39, 0.29) is 30.8 Å². The molecule has 1 aromatic carbocycles. The van der Waals surface area contributed by atoms with E-state index in [1.807, 2.05) is 13.8 Å². The second-order valence-corrected chi connectivity index (χ2v) is 7.07. The monoisotopic (exact) mass is 511 g/mol. The van der Waals surface area contributed by atoms with E-state index in [1.165, 1.54) is 12.1 Å². The van der Waals surface area contributed by atoms with Gasteiger partial charge in [-0.05, 0) is 30.2 Å².